The monoisotopic (exact) mass is 367 g/mol. The normalized spacial score (nSPS) is 11.4. The van der Waals surface area contributed by atoms with Gasteiger partial charge in [-0.1, -0.05) is 24.1 Å². The van der Waals surface area contributed by atoms with Gasteiger partial charge in [-0.2, -0.15) is 0 Å². The first-order valence-electron chi connectivity index (χ1n) is 8.76. The van der Waals surface area contributed by atoms with Gasteiger partial charge in [0.1, 0.15) is 12.7 Å². The number of carbonyl (C=O) groups is 1. The van der Waals surface area contributed by atoms with Crippen molar-refractivity contribution in [1.29, 1.82) is 0 Å². The zero-order chi connectivity index (χ0) is 19.8. The average Bonchev–Trinajstić information content (AvgIpc) is 2.66. The minimum absolute atomic E-state index is 0.186. The zero-order valence-corrected chi connectivity index (χ0v) is 15.9. The highest BCUT2D eigenvalue weighted by Crippen LogP contribution is 2.29. The minimum Gasteiger partial charge on any atom is -0.493 e. The lowest BCUT2D eigenvalue weighted by atomic mass is 9.98. The molecule has 0 aliphatic rings. The van der Waals surface area contributed by atoms with Gasteiger partial charge in [0, 0.05) is 5.69 Å². The molecule has 0 radical (unpaired) electrons. The number of aliphatic hydroxyl groups is 1. The van der Waals surface area contributed by atoms with E-state index in [2.05, 4.69) is 11.2 Å². The Morgan fingerprint density at radius 1 is 1.26 bits per heavy atom. The molecule has 0 heterocycles. The number of amides is 1. The first-order chi connectivity index (χ1) is 13.0. The SMILES string of the molecule is C#CCOc1ccc(CCc2c(C)cccc2NC(=O)C(C)O)cc1OC. The maximum atomic E-state index is 11.9. The van der Waals surface area contributed by atoms with E-state index in [1.165, 1.54) is 6.92 Å². The van der Waals surface area contributed by atoms with Crippen LogP contribution in [0.15, 0.2) is 36.4 Å². The second-order valence-corrected chi connectivity index (χ2v) is 6.24. The van der Waals surface area contributed by atoms with Crippen molar-refractivity contribution < 1.29 is 19.4 Å². The predicted octanol–water partition coefficient (Wildman–Crippen LogP) is 3.12. The lowest BCUT2D eigenvalue weighted by Gasteiger charge is -2.15. The predicted molar refractivity (Wildman–Crippen MR) is 106 cm³/mol. The topological polar surface area (TPSA) is 67.8 Å². The standard InChI is InChI=1S/C22H25NO4/c1-5-13-27-20-12-10-17(14-21(20)26-4)9-11-18-15(2)7-6-8-19(18)23-22(25)16(3)24/h1,6-8,10,12,14,16,24H,9,11,13H2,2-4H3,(H,23,25). The zero-order valence-electron chi connectivity index (χ0n) is 15.9. The first kappa shape index (κ1) is 20.3. The van der Waals surface area contributed by atoms with Gasteiger partial charge < -0.3 is 19.9 Å². The Balaban J connectivity index is 2.17. The van der Waals surface area contributed by atoms with Crippen molar-refractivity contribution in [3.63, 3.8) is 0 Å². The Kier molecular flexibility index (Phi) is 7.27. The molecule has 1 amide bonds. The summed E-state index contributed by atoms with van der Waals surface area (Å²) in [5.74, 6) is 3.26. The lowest BCUT2D eigenvalue weighted by Crippen LogP contribution is -2.25. The molecule has 2 aromatic carbocycles. The van der Waals surface area contributed by atoms with Crippen LogP contribution in [0, 0.1) is 19.3 Å². The summed E-state index contributed by atoms with van der Waals surface area (Å²) in [4.78, 5) is 11.9. The van der Waals surface area contributed by atoms with Crippen LogP contribution < -0.4 is 14.8 Å². The molecule has 2 aromatic rings. The molecule has 27 heavy (non-hydrogen) atoms. The molecule has 142 valence electrons. The molecule has 5 nitrogen and oxygen atoms in total. The third-order valence-electron chi connectivity index (χ3n) is 4.25. The van der Waals surface area contributed by atoms with E-state index in [4.69, 9.17) is 15.9 Å². The first-order valence-corrected chi connectivity index (χ1v) is 8.76. The van der Waals surface area contributed by atoms with Crippen LogP contribution >= 0.6 is 0 Å². The Morgan fingerprint density at radius 3 is 2.70 bits per heavy atom. The van der Waals surface area contributed by atoms with Crippen molar-refractivity contribution in [3.05, 3.63) is 53.1 Å². The molecule has 0 spiro atoms. The number of aryl methyl sites for hydroxylation is 2. The number of anilines is 1. The fraction of sp³-hybridized carbons (Fsp3) is 0.318. The highest BCUT2D eigenvalue weighted by molar-refractivity contribution is 5.94. The van der Waals surface area contributed by atoms with E-state index < -0.39 is 12.0 Å². The number of aliphatic hydroxyl groups excluding tert-OH is 1. The maximum Gasteiger partial charge on any atom is 0.252 e. The molecule has 5 heteroatoms. The molecule has 0 saturated heterocycles. The van der Waals surface area contributed by atoms with E-state index in [9.17, 15) is 9.90 Å². The van der Waals surface area contributed by atoms with Crippen LogP contribution in [-0.2, 0) is 17.6 Å². The van der Waals surface area contributed by atoms with Crippen LogP contribution in [0.4, 0.5) is 5.69 Å². The van der Waals surface area contributed by atoms with Gasteiger partial charge in [-0.25, -0.2) is 0 Å². The summed E-state index contributed by atoms with van der Waals surface area (Å²) in [5.41, 5.74) is 3.93. The fourth-order valence-corrected chi connectivity index (χ4v) is 2.76. The molecule has 2 N–H and O–H groups in total. The van der Waals surface area contributed by atoms with Crippen molar-refractivity contribution in [2.75, 3.05) is 19.0 Å². The van der Waals surface area contributed by atoms with E-state index in [1.54, 1.807) is 7.11 Å². The van der Waals surface area contributed by atoms with E-state index in [1.807, 2.05) is 43.3 Å². The van der Waals surface area contributed by atoms with Gasteiger partial charge >= 0.3 is 0 Å². The molecule has 0 aromatic heterocycles. The van der Waals surface area contributed by atoms with Crippen molar-refractivity contribution in [2.45, 2.75) is 32.8 Å². The number of hydrogen-bond acceptors (Lipinski definition) is 4. The second-order valence-electron chi connectivity index (χ2n) is 6.24. The Morgan fingerprint density at radius 2 is 2.04 bits per heavy atom. The van der Waals surface area contributed by atoms with Gasteiger partial charge in [-0.3, -0.25) is 4.79 Å². The number of ether oxygens (including phenoxy) is 2. The number of terminal acetylenes is 1. The molecule has 0 saturated carbocycles. The summed E-state index contributed by atoms with van der Waals surface area (Å²) in [6.07, 6.45) is 5.66. The van der Waals surface area contributed by atoms with E-state index in [0.29, 0.717) is 11.5 Å². The molecule has 1 unspecified atom stereocenters. The van der Waals surface area contributed by atoms with Crippen LogP contribution in [0.3, 0.4) is 0 Å². The molecular formula is C22H25NO4. The summed E-state index contributed by atoms with van der Waals surface area (Å²) in [6.45, 7) is 3.64. The van der Waals surface area contributed by atoms with Gasteiger partial charge in [0.2, 0.25) is 0 Å². The van der Waals surface area contributed by atoms with Crippen molar-refractivity contribution in [3.8, 4) is 23.8 Å². The average molecular weight is 367 g/mol. The summed E-state index contributed by atoms with van der Waals surface area (Å²) >= 11 is 0. The Labute approximate surface area is 160 Å². The third kappa shape index (κ3) is 5.50. The summed E-state index contributed by atoms with van der Waals surface area (Å²) in [5, 5.41) is 12.2. The van der Waals surface area contributed by atoms with Gasteiger partial charge in [-0.15, -0.1) is 6.42 Å². The molecule has 0 bridgehead atoms. The van der Waals surface area contributed by atoms with Crippen molar-refractivity contribution >= 4 is 11.6 Å². The maximum absolute atomic E-state index is 11.9. The molecule has 0 aliphatic heterocycles. The quantitative estimate of drug-likeness (QED) is 0.704. The van der Waals surface area contributed by atoms with Crippen molar-refractivity contribution in [1.82, 2.24) is 0 Å². The van der Waals surface area contributed by atoms with Gasteiger partial charge in [0.15, 0.2) is 11.5 Å². The summed E-state index contributed by atoms with van der Waals surface area (Å²) in [6, 6.07) is 11.5. The Hall–Kier alpha value is -2.97. The number of carbonyl (C=O) groups excluding carboxylic acids is 1. The smallest absolute Gasteiger partial charge is 0.252 e. The van der Waals surface area contributed by atoms with E-state index in [-0.39, 0.29) is 6.61 Å². The Bertz CT molecular complexity index is 837. The molecule has 0 fully saturated rings. The summed E-state index contributed by atoms with van der Waals surface area (Å²) in [7, 11) is 1.59. The van der Waals surface area contributed by atoms with Gasteiger partial charge in [-0.05, 0) is 61.6 Å². The molecule has 1 atom stereocenters. The number of hydrogen-bond donors (Lipinski definition) is 2. The van der Waals surface area contributed by atoms with Crippen molar-refractivity contribution in [2.24, 2.45) is 0 Å². The summed E-state index contributed by atoms with van der Waals surface area (Å²) < 4.78 is 10.9. The number of methoxy groups -OCH3 is 1. The highest BCUT2D eigenvalue weighted by Gasteiger charge is 2.13. The van der Waals surface area contributed by atoms with Crippen LogP contribution in [0.25, 0.3) is 0 Å². The molecule has 2 rings (SSSR count). The van der Waals surface area contributed by atoms with Crippen LogP contribution in [0.5, 0.6) is 11.5 Å². The van der Waals surface area contributed by atoms with Crippen LogP contribution in [0.2, 0.25) is 0 Å². The van der Waals surface area contributed by atoms with Crippen LogP contribution in [-0.4, -0.2) is 30.8 Å². The largest absolute Gasteiger partial charge is 0.493 e. The van der Waals surface area contributed by atoms with Crippen LogP contribution in [0.1, 0.15) is 23.6 Å². The molecule has 0 aliphatic carbocycles. The van der Waals surface area contributed by atoms with Gasteiger partial charge in [0.25, 0.3) is 5.91 Å². The molecular weight excluding hydrogens is 342 g/mol. The lowest BCUT2D eigenvalue weighted by molar-refractivity contribution is -0.123. The van der Waals surface area contributed by atoms with Gasteiger partial charge in [0.05, 0.1) is 7.11 Å². The highest BCUT2D eigenvalue weighted by atomic mass is 16.5. The third-order valence-corrected chi connectivity index (χ3v) is 4.25. The number of benzene rings is 2. The minimum atomic E-state index is -1.06. The fourth-order valence-electron chi connectivity index (χ4n) is 2.76. The second kappa shape index (κ2) is 9.65. The number of nitrogens with one attached hydrogen (secondary N) is 1. The van der Waals surface area contributed by atoms with E-state index in [0.717, 1.165) is 35.2 Å². The van der Waals surface area contributed by atoms with E-state index >= 15 is 0 Å². The number of rotatable bonds is 8.